The van der Waals surface area contributed by atoms with E-state index in [1.54, 1.807) is 24.3 Å². The molecule has 0 saturated heterocycles. The molecule has 0 saturated carbocycles. The summed E-state index contributed by atoms with van der Waals surface area (Å²) in [5.41, 5.74) is 5.58. The zero-order chi connectivity index (χ0) is 18.9. The summed E-state index contributed by atoms with van der Waals surface area (Å²) in [7, 11) is 0. The van der Waals surface area contributed by atoms with E-state index in [0.717, 1.165) is 5.56 Å². The number of rotatable bonds is 6. The molecule has 0 fully saturated rings. The Kier molecular flexibility index (Phi) is 6.67. The number of carbonyl (C=O) groups excluding carboxylic acids is 3. The second-order valence-corrected chi connectivity index (χ2v) is 5.37. The number of hydrazine groups is 1. The van der Waals surface area contributed by atoms with Crippen molar-refractivity contribution in [1.82, 2.24) is 16.2 Å². The number of carbonyl (C=O) groups is 3. The van der Waals surface area contributed by atoms with Gasteiger partial charge >= 0.3 is 0 Å². The number of amides is 3. The zero-order valence-electron chi connectivity index (χ0n) is 14.0. The van der Waals surface area contributed by atoms with Gasteiger partial charge in [0.15, 0.2) is 18.2 Å². The van der Waals surface area contributed by atoms with Crippen LogP contribution in [0.2, 0.25) is 0 Å². The van der Waals surface area contributed by atoms with Crippen molar-refractivity contribution in [3.8, 4) is 5.75 Å². The van der Waals surface area contributed by atoms with Gasteiger partial charge in [-0.2, -0.15) is 0 Å². The molecule has 0 aliphatic carbocycles. The second-order valence-electron chi connectivity index (χ2n) is 5.37. The van der Waals surface area contributed by atoms with Crippen molar-refractivity contribution >= 4 is 17.7 Å². The van der Waals surface area contributed by atoms with Gasteiger partial charge in [0.25, 0.3) is 17.7 Å². The maximum atomic E-state index is 13.3. The van der Waals surface area contributed by atoms with Crippen LogP contribution in [-0.2, 0) is 9.59 Å². The van der Waals surface area contributed by atoms with Crippen LogP contribution in [0.15, 0.2) is 48.5 Å². The second kappa shape index (κ2) is 9.16. The van der Waals surface area contributed by atoms with E-state index in [1.165, 1.54) is 18.2 Å². The lowest BCUT2D eigenvalue weighted by molar-refractivity contribution is -0.129. The molecule has 0 bridgehead atoms. The fourth-order valence-corrected chi connectivity index (χ4v) is 1.97. The Morgan fingerprint density at radius 3 is 2.46 bits per heavy atom. The lowest BCUT2D eigenvalue weighted by Crippen LogP contribution is -2.47. The highest BCUT2D eigenvalue weighted by Crippen LogP contribution is 2.14. The van der Waals surface area contributed by atoms with Crippen LogP contribution in [-0.4, -0.2) is 30.9 Å². The monoisotopic (exact) mass is 359 g/mol. The molecule has 26 heavy (non-hydrogen) atoms. The minimum Gasteiger partial charge on any atom is -0.481 e. The molecule has 3 amide bonds. The van der Waals surface area contributed by atoms with Gasteiger partial charge in [-0.25, -0.2) is 4.39 Å². The molecule has 2 rings (SSSR count). The first-order valence-electron chi connectivity index (χ1n) is 7.75. The third-order valence-corrected chi connectivity index (χ3v) is 3.23. The lowest BCUT2D eigenvalue weighted by Gasteiger charge is -2.10. The van der Waals surface area contributed by atoms with Crippen molar-refractivity contribution in [2.24, 2.45) is 0 Å². The maximum Gasteiger partial charge on any atom is 0.276 e. The minimum absolute atomic E-state index is 0.0700. The largest absolute Gasteiger partial charge is 0.481 e. The normalized spacial score (nSPS) is 9.92. The molecule has 0 aliphatic heterocycles. The topological polar surface area (TPSA) is 96.5 Å². The third kappa shape index (κ3) is 5.90. The molecule has 0 aromatic heterocycles. The van der Waals surface area contributed by atoms with Crippen LogP contribution >= 0.6 is 0 Å². The zero-order valence-corrected chi connectivity index (χ0v) is 14.0. The quantitative estimate of drug-likeness (QED) is 0.673. The molecule has 136 valence electrons. The SMILES string of the molecule is Cc1cccc(C(=O)NCC(=O)NNC(=O)COc2ccccc2F)c1. The van der Waals surface area contributed by atoms with Crippen molar-refractivity contribution in [3.05, 3.63) is 65.5 Å². The van der Waals surface area contributed by atoms with Crippen molar-refractivity contribution in [2.45, 2.75) is 6.92 Å². The molecule has 0 unspecified atom stereocenters. The first-order valence-corrected chi connectivity index (χ1v) is 7.75. The van der Waals surface area contributed by atoms with Crippen LogP contribution < -0.4 is 20.9 Å². The van der Waals surface area contributed by atoms with Crippen molar-refractivity contribution < 1.29 is 23.5 Å². The Labute approximate surface area is 149 Å². The summed E-state index contributed by atoms with van der Waals surface area (Å²) >= 11 is 0. The first kappa shape index (κ1) is 18.9. The molecule has 0 aliphatic rings. The molecule has 7 nitrogen and oxygen atoms in total. The molecular formula is C18H18FN3O4. The maximum absolute atomic E-state index is 13.3. The van der Waals surface area contributed by atoms with Gasteiger partial charge in [0.1, 0.15) is 0 Å². The average molecular weight is 359 g/mol. The fraction of sp³-hybridized carbons (Fsp3) is 0.167. The van der Waals surface area contributed by atoms with Crippen LogP contribution in [0.1, 0.15) is 15.9 Å². The highest BCUT2D eigenvalue weighted by atomic mass is 19.1. The molecule has 0 radical (unpaired) electrons. The van der Waals surface area contributed by atoms with Crippen LogP contribution in [0.5, 0.6) is 5.75 Å². The van der Waals surface area contributed by atoms with Crippen molar-refractivity contribution in [1.29, 1.82) is 0 Å². The number of aryl methyl sites for hydroxylation is 1. The van der Waals surface area contributed by atoms with E-state index >= 15 is 0 Å². The third-order valence-electron chi connectivity index (χ3n) is 3.23. The first-order chi connectivity index (χ1) is 12.5. The number of nitrogens with one attached hydrogen (secondary N) is 3. The Morgan fingerprint density at radius 1 is 1.00 bits per heavy atom. The van der Waals surface area contributed by atoms with Crippen LogP contribution in [0.3, 0.4) is 0 Å². The average Bonchev–Trinajstić information content (AvgIpc) is 2.63. The molecule has 8 heteroatoms. The van der Waals surface area contributed by atoms with E-state index in [-0.39, 0.29) is 12.3 Å². The van der Waals surface area contributed by atoms with E-state index in [2.05, 4.69) is 16.2 Å². The van der Waals surface area contributed by atoms with E-state index in [1.807, 2.05) is 13.0 Å². The Bertz CT molecular complexity index is 811. The summed E-state index contributed by atoms with van der Waals surface area (Å²) in [5.74, 6) is -2.36. The van der Waals surface area contributed by atoms with Gasteiger partial charge in [0.2, 0.25) is 0 Å². The van der Waals surface area contributed by atoms with Crippen molar-refractivity contribution in [3.63, 3.8) is 0 Å². The van der Waals surface area contributed by atoms with Gasteiger partial charge in [-0.05, 0) is 31.2 Å². The summed E-state index contributed by atoms with van der Waals surface area (Å²) in [6.07, 6.45) is 0. The number of para-hydroxylation sites is 1. The van der Waals surface area contributed by atoms with Crippen LogP contribution in [0.4, 0.5) is 4.39 Å². The summed E-state index contributed by atoms with van der Waals surface area (Å²) in [4.78, 5) is 35.1. The Morgan fingerprint density at radius 2 is 1.73 bits per heavy atom. The standard InChI is InChI=1S/C18H18FN3O4/c1-12-5-4-6-13(9-12)18(25)20-10-16(23)21-22-17(24)11-26-15-8-3-2-7-14(15)19/h2-9H,10-11H2,1H3,(H,20,25)(H,21,23)(H,22,24). The number of ether oxygens (including phenoxy) is 1. The number of hydrogen-bond acceptors (Lipinski definition) is 4. The molecule has 0 atom stereocenters. The van der Waals surface area contributed by atoms with Gasteiger partial charge in [-0.1, -0.05) is 29.8 Å². The molecule has 2 aromatic carbocycles. The van der Waals surface area contributed by atoms with Gasteiger partial charge in [0.05, 0.1) is 6.54 Å². The van der Waals surface area contributed by atoms with E-state index in [9.17, 15) is 18.8 Å². The van der Waals surface area contributed by atoms with Gasteiger partial charge < -0.3 is 10.1 Å². The van der Waals surface area contributed by atoms with Crippen LogP contribution in [0.25, 0.3) is 0 Å². The highest BCUT2D eigenvalue weighted by molar-refractivity contribution is 5.96. The highest BCUT2D eigenvalue weighted by Gasteiger charge is 2.10. The number of hydrogen-bond donors (Lipinski definition) is 3. The Hall–Kier alpha value is -3.42. The smallest absolute Gasteiger partial charge is 0.276 e. The van der Waals surface area contributed by atoms with Gasteiger partial charge in [0, 0.05) is 5.56 Å². The van der Waals surface area contributed by atoms with Crippen LogP contribution in [0, 0.1) is 12.7 Å². The fourth-order valence-electron chi connectivity index (χ4n) is 1.97. The predicted molar refractivity (Wildman–Crippen MR) is 91.7 cm³/mol. The molecule has 2 aromatic rings. The summed E-state index contributed by atoms with van der Waals surface area (Å²) in [6.45, 7) is 1.06. The molecular weight excluding hydrogens is 341 g/mol. The summed E-state index contributed by atoms with van der Waals surface area (Å²) in [6, 6.07) is 12.5. The number of benzene rings is 2. The van der Waals surface area contributed by atoms with Crippen molar-refractivity contribution in [2.75, 3.05) is 13.2 Å². The number of halogens is 1. The summed E-state index contributed by atoms with van der Waals surface area (Å²) in [5, 5.41) is 2.43. The Balaban J connectivity index is 1.69. The molecule has 3 N–H and O–H groups in total. The van der Waals surface area contributed by atoms with Gasteiger partial charge in [-0.3, -0.25) is 25.2 Å². The van der Waals surface area contributed by atoms with Gasteiger partial charge in [-0.15, -0.1) is 0 Å². The van der Waals surface area contributed by atoms with E-state index in [0.29, 0.717) is 5.56 Å². The van der Waals surface area contributed by atoms with E-state index in [4.69, 9.17) is 4.74 Å². The lowest BCUT2D eigenvalue weighted by atomic mass is 10.1. The predicted octanol–water partition coefficient (Wildman–Crippen LogP) is 1.09. The molecule has 0 spiro atoms. The van der Waals surface area contributed by atoms with E-state index < -0.39 is 30.1 Å². The minimum atomic E-state index is -0.674. The summed E-state index contributed by atoms with van der Waals surface area (Å²) < 4.78 is 18.3. The molecule has 0 heterocycles.